The molecule has 0 amide bonds. The van der Waals surface area contributed by atoms with Crippen molar-refractivity contribution in [1.82, 2.24) is 0 Å². The lowest BCUT2D eigenvalue weighted by Gasteiger charge is -2.16. The Morgan fingerprint density at radius 1 is 1.14 bits per heavy atom. The van der Waals surface area contributed by atoms with E-state index in [-0.39, 0.29) is 5.57 Å². The molecule has 2 aromatic rings. The molecule has 0 aromatic heterocycles. The number of esters is 1. The van der Waals surface area contributed by atoms with E-state index in [1.165, 1.54) is 14.2 Å². The molecule has 22 heavy (non-hydrogen) atoms. The molecule has 0 aliphatic rings. The molecular weight excluding hydrogens is 278 g/mol. The fraction of sp³-hybridized carbons (Fsp3) is 0.111. The number of rotatable bonds is 4. The molecule has 4 heteroatoms. The zero-order valence-electron chi connectivity index (χ0n) is 12.4. The smallest absolute Gasteiger partial charge is 0.338 e. The first kappa shape index (κ1) is 15.3. The Bertz CT molecular complexity index is 758. The lowest BCUT2D eigenvalue weighted by molar-refractivity contribution is -0.133. The number of nitrogens with zero attached hydrogens (tertiary/aromatic N) is 1. The second-order valence-corrected chi connectivity index (χ2v) is 4.52. The van der Waals surface area contributed by atoms with Gasteiger partial charge in [-0.1, -0.05) is 43.0 Å². The number of carbonyl (C=O) groups excluding carboxylic acids is 1. The van der Waals surface area contributed by atoms with E-state index in [4.69, 9.17) is 9.47 Å². The van der Waals surface area contributed by atoms with Crippen LogP contribution in [0, 0.1) is 11.3 Å². The minimum atomic E-state index is -0.564. The Kier molecular flexibility index (Phi) is 4.60. The summed E-state index contributed by atoms with van der Waals surface area (Å²) < 4.78 is 10.1. The molecule has 0 heterocycles. The second-order valence-electron chi connectivity index (χ2n) is 4.52. The van der Waals surface area contributed by atoms with Gasteiger partial charge < -0.3 is 9.47 Å². The zero-order chi connectivity index (χ0) is 16.1. The van der Waals surface area contributed by atoms with Gasteiger partial charge in [0.05, 0.1) is 25.4 Å². The van der Waals surface area contributed by atoms with E-state index in [2.05, 4.69) is 12.6 Å². The van der Waals surface area contributed by atoms with E-state index in [0.717, 1.165) is 11.1 Å². The van der Waals surface area contributed by atoms with Crippen LogP contribution in [0.4, 0.5) is 0 Å². The monoisotopic (exact) mass is 293 g/mol. The molecule has 110 valence electrons. The van der Waals surface area contributed by atoms with Crippen LogP contribution < -0.4 is 4.74 Å². The second kappa shape index (κ2) is 6.59. The van der Waals surface area contributed by atoms with E-state index >= 15 is 0 Å². The molecule has 0 atom stereocenters. The van der Waals surface area contributed by atoms with Crippen molar-refractivity contribution in [2.24, 2.45) is 0 Å². The molecule has 0 spiro atoms. The van der Waals surface area contributed by atoms with Gasteiger partial charge in [-0.15, -0.1) is 0 Å². The van der Waals surface area contributed by atoms with Crippen molar-refractivity contribution >= 4 is 11.5 Å². The molecule has 0 radical (unpaired) electrons. The molecular formula is C18H15NO3. The molecule has 0 fully saturated rings. The molecule has 0 saturated carbocycles. The molecule has 4 nitrogen and oxygen atoms in total. The Morgan fingerprint density at radius 2 is 1.82 bits per heavy atom. The Hall–Kier alpha value is -3.06. The van der Waals surface area contributed by atoms with Gasteiger partial charge in [-0.25, -0.2) is 4.79 Å². The Labute approximate surface area is 129 Å². The van der Waals surface area contributed by atoms with Crippen LogP contribution in [0.3, 0.4) is 0 Å². The van der Waals surface area contributed by atoms with Crippen molar-refractivity contribution in [1.29, 1.82) is 5.26 Å². The SMILES string of the molecule is C=C(C(=O)OC)c1c(-c2ccccc2)ccc(C#N)c1OC. The lowest BCUT2D eigenvalue weighted by atomic mass is 9.92. The maximum Gasteiger partial charge on any atom is 0.338 e. The van der Waals surface area contributed by atoms with Crippen molar-refractivity contribution < 1.29 is 14.3 Å². The number of hydrogen-bond acceptors (Lipinski definition) is 4. The highest BCUT2D eigenvalue weighted by molar-refractivity contribution is 6.18. The van der Waals surface area contributed by atoms with Crippen molar-refractivity contribution in [3.8, 4) is 22.9 Å². The minimum absolute atomic E-state index is 0.148. The lowest BCUT2D eigenvalue weighted by Crippen LogP contribution is -2.06. The third kappa shape index (κ3) is 2.70. The van der Waals surface area contributed by atoms with Crippen LogP contribution in [0.2, 0.25) is 0 Å². The first-order valence-corrected chi connectivity index (χ1v) is 6.58. The number of hydrogen-bond donors (Lipinski definition) is 0. The van der Waals surface area contributed by atoms with Crippen molar-refractivity contribution in [3.05, 3.63) is 60.2 Å². The van der Waals surface area contributed by atoms with E-state index in [1.807, 2.05) is 30.3 Å². The van der Waals surface area contributed by atoms with Crippen LogP contribution in [0.5, 0.6) is 5.75 Å². The first-order valence-electron chi connectivity index (χ1n) is 6.58. The summed E-state index contributed by atoms with van der Waals surface area (Å²) in [4.78, 5) is 11.9. The fourth-order valence-electron chi connectivity index (χ4n) is 2.27. The van der Waals surface area contributed by atoms with Gasteiger partial charge in [-0.2, -0.15) is 5.26 Å². The van der Waals surface area contributed by atoms with Gasteiger partial charge in [0.15, 0.2) is 0 Å². The molecule has 0 aliphatic heterocycles. The quantitative estimate of drug-likeness (QED) is 0.640. The fourth-order valence-corrected chi connectivity index (χ4v) is 2.27. The molecule has 0 saturated heterocycles. The van der Waals surface area contributed by atoms with E-state index in [0.29, 0.717) is 16.9 Å². The van der Waals surface area contributed by atoms with Gasteiger partial charge in [-0.3, -0.25) is 0 Å². The summed E-state index contributed by atoms with van der Waals surface area (Å²) in [6.45, 7) is 3.80. The number of benzene rings is 2. The highest BCUT2D eigenvalue weighted by Crippen LogP contribution is 2.38. The van der Waals surface area contributed by atoms with Crippen molar-refractivity contribution in [2.75, 3.05) is 14.2 Å². The van der Waals surface area contributed by atoms with Crippen LogP contribution in [0.25, 0.3) is 16.7 Å². The maximum absolute atomic E-state index is 11.9. The minimum Gasteiger partial charge on any atom is -0.495 e. The number of nitriles is 1. The number of methoxy groups -OCH3 is 2. The molecule has 0 aliphatic carbocycles. The van der Waals surface area contributed by atoms with Crippen LogP contribution in [0.1, 0.15) is 11.1 Å². The van der Waals surface area contributed by atoms with Crippen LogP contribution in [-0.2, 0) is 9.53 Å². The third-order valence-electron chi connectivity index (χ3n) is 3.30. The summed E-state index contributed by atoms with van der Waals surface area (Å²) in [5, 5.41) is 9.24. The molecule has 0 unspecified atom stereocenters. The van der Waals surface area contributed by atoms with E-state index < -0.39 is 5.97 Å². The average molecular weight is 293 g/mol. The van der Waals surface area contributed by atoms with Gasteiger partial charge in [0.25, 0.3) is 0 Å². The van der Waals surface area contributed by atoms with Gasteiger partial charge >= 0.3 is 5.97 Å². The molecule has 2 aromatic carbocycles. The summed E-state index contributed by atoms with van der Waals surface area (Å²) in [7, 11) is 2.75. The Morgan fingerprint density at radius 3 is 2.36 bits per heavy atom. The molecule has 2 rings (SSSR count). The highest BCUT2D eigenvalue weighted by Gasteiger charge is 2.22. The largest absolute Gasteiger partial charge is 0.495 e. The topological polar surface area (TPSA) is 59.3 Å². The average Bonchev–Trinajstić information content (AvgIpc) is 2.59. The summed E-state index contributed by atoms with van der Waals surface area (Å²) in [5.74, 6) is -0.246. The van der Waals surface area contributed by atoms with E-state index in [1.54, 1.807) is 12.1 Å². The van der Waals surface area contributed by atoms with Crippen molar-refractivity contribution in [3.63, 3.8) is 0 Å². The predicted molar refractivity (Wildman–Crippen MR) is 84.2 cm³/mol. The normalized spacial score (nSPS) is 9.68. The molecule has 0 bridgehead atoms. The summed E-state index contributed by atoms with van der Waals surface area (Å²) >= 11 is 0. The summed E-state index contributed by atoms with van der Waals surface area (Å²) in [6.07, 6.45) is 0. The van der Waals surface area contributed by atoms with Gasteiger partial charge in [-0.05, 0) is 17.2 Å². The third-order valence-corrected chi connectivity index (χ3v) is 3.30. The van der Waals surface area contributed by atoms with Crippen LogP contribution >= 0.6 is 0 Å². The number of ether oxygens (including phenoxy) is 2. The zero-order valence-corrected chi connectivity index (χ0v) is 12.4. The predicted octanol–water partition coefficient (Wildman–Crippen LogP) is 3.42. The van der Waals surface area contributed by atoms with Gasteiger partial charge in [0.2, 0.25) is 0 Å². The summed E-state index contributed by atoms with van der Waals surface area (Å²) in [6, 6.07) is 15.0. The molecule has 0 N–H and O–H groups in total. The highest BCUT2D eigenvalue weighted by atomic mass is 16.5. The maximum atomic E-state index is 11.9. The Balaban J connectivity index is 2.77. The van der Waals surface area contributed by atoms with E-state index in [9.17, 15) is 10.1 Å². The number of carbonyl (C=O) groups is 1. The first-order chi connectivity index (χ1) is 10.6. The standard InChI is InChI=1S/C18H15NO3/c1-12(18(20)22-3)16-15(13-7-5-4-6-8-13)10-9-14(11-19)17(16)21-2/h4-10H,1H2,2-3H3. The summed E-state index contributed by atoms with van der Waals surface area (Å²) in [5.41, 5.74) is 2.61. The van der Waals surface area contributed by atoms with Gasteiger partial charge in [0.1, 0.15) is 11.8 Å². The van der Waals surface area contributed by atoms with Gasteiger partial charge in [0, 0.05) is 5.56 Å². The van der Waals surface area contributed by atoms with Crippen molar-refractivity contribution in [2.45, 2.75) is 0 Å². The van der Waals surface area contributed by atoms with Crippen LogP contribution in [-0.4, -0.2) is 20.2 Å². The van der Waals surface area contributed by atoms with Crippen LogP contribution in [0.15, 0.2) is 49.0 Å².